The quantitative estimate of drug-likeness (QED) is 0.275. The minimum Gasteiger partial charge on any atom is -0.293 e. The number of piperazine rings is 1. The average molecular weight is 560 g/mol. The van der Waals surface area contributed by atoms with E-state index in [9.17, 15) is 21.8 Å². The fourth-order valence-corrected chi connectivity index (χ4v) is 6.49. The molecule has 1 fully saturated rings. The number of hydrogen-bond donors (Lipinski definition) is 0. The molecule has 0 spiro atoms. The van der Waals surface area contributed by atoms with E-state index >= 15 is 0 Å². The molecule has 11 heteroatoms. The summed E-state index contributed by atoms with van der Waals surface area (Å²) in [7, 11) is -2.03. The lowest BCUT2D eigenvalue weighted by Crippen LogP contribution is -2.50. The van der Waals surface area contributed by atoms with Gasteiger partial charge in [-0.3, -0.25) is 9.88 Å². The highest BCUT2D eigenvalue weighted by Gasteiger charge is 2.39. The number of rotatable bonds is 6. The first-order valence-electron chi connectivity index (χ1n) is 12.7. The van der Waals surface area contributed by atoms with Crippen LogP contribution < -0.4 is 0 Å². The summed E-state index contributed by atoms with van der Waals surface area (Å²) in [6.45, 7) is 8.24. The van der Waals surface area contributed by atoms with Gasteiger partial charge in [-0.05, 0) is 72.5 Å². The molecule has 2 aromatic carbocycles. The van der Waals surface area contributed by atoms with Crippen molar-refractivity contribution in [3.63, 3.8) is 0 Å². The summed E-state index contributed by atoms with van der Waals surface area (Å²) >= 11 is 0. The van der Waals surface area contributed by atoms with Crippen molar-refractivity contribution < 1.29 is 21.8 Å². The Balaban J connectivity index is 1.51. The fraction of sp³-hybridized carbons (Fsp3) is 0.357. The third-order valence-electron chi connectivity index (χ3n) is 6.90. The second kappa shape index (κ2) is 10.8. The van der Waals surface area contributed by atoms with Crippen LogP contribution in [0.25, 0.3) is 16.6 Å². The highest BCUT2D eigenvalue weighted by molar-refractivity contribution is 7.82. The summed E-state index contributed by atoms with van der Waals surface area (Å²) in [5.41, 5.74) is 2.46. The molecular formula is C28H29F4N5OS. The van der Waals surface area contributed by atoms with Crippen LogP contribution in [0.3, 0.4) is 0 Å². The maximum atomic E-state index is 13.6. The average Bonchev–Trinajstić information content (AvgIpc) is 3.30. The standard InChI is InChI=1S/C28H29F4N5OS/c1-18(2)16-35-11-12-36(39(38)26-5-4-10-33-27(26)28(30,31)32)17-25(35)23-14-20-15-34-37(24(20)13-19(23)3)22-8-6-21(29)7-9-22/h4-10,13-15,18,25H,11-12,16-17H2,1-3H3. The molecule has 0 radical (unpaired) electrons. The smallest absolute Gasteiger partial charge is 0.293 e. The molecule has 0 bridgehead atoms. The lowest BCUT2D eigenvalue weighted by molar-refractivity contribution is -0.143. The number of pyridine rings is 1. The first kappa shape index (κ1) is 27.4. The van der Waals surface area contributed by atoms with Crippen LogP contribution in [0.2, 0.25) is 0 Å². The van der Waals surface area contributed by atoms with Gasteiger partial charge in [0.25, 0.3) is 0 Å². The van der Waals surface area contributed by atoms with Gasteiger partial charge in [0, 0.05) is 43.8 Å². The Kier molecular flexibility index (Phi) is 7.58. The summed E-state index contributed by atoms with van der Waals surface area (Å²) in [6, 6.07) is 12.6. The second-order valence-electron chi connectivity index (χ2n) is 10.2. The first-order valence-corrected chi connectivity index (χ1v) is 13.8. The van der Waals surface area contributed by atoms with Crippen molar-refractivity contribution in [2.24, 2.45) is 5.92 Å². The van der Waals surface area contributed by atoms with Gasteiger partial charge in [0.15, 0.2) is 5.69 Å². The Hall–Kier alpha value is -3.15. The van der Waals surface area contributed by atoms with E-state index in [0.717, 1.165) is 40.5 Å². The SMILES string of the molecule is Cc1cc2c(cnn2-c2ccc(F)cc2)cc1C1CN(S(=O)c2cccnc2C(F)(F)F)CCN1CC(C)C. The van der Waals surface area contributed by atoms with Crippen LogP contribution in [-0.4, -0.2) is 54.4 Å². The Morgan fingerprint density at radius 2 is 1.85 bits per heavy atom. The maximum absolute atomic E-state index is 13.6. The minimum absolute atomic E-state index is 0.185. The zero-order valence-corrected chi connectivity index (χ0v) is 22.6. The minimum atomic E-state index is -4.70. The highest BCUT2D eigenvalue weighted by atomic mass is 32.2. The van der Waals surface area contributed by atoms with Crippen molar-refractivity contribution in [2.75, 3.05) is 26.2 Å². The van der Waals surface area contributed by atoms with Crippen LogP contribution >= 0.6 is 0 Å². The molecule has 5 rings (SSSR count). The molecule has 39 heavy (non-hydrogen) atoms. The molecule has 1 aliphatic heterocycles. The van der Waals surface area contributed by atoms with E-state index in [1.807, 2.05) is 19.1 Å². The van der Waals surface area contributed by atoms with E-state index in [0.29, 0.717) is 25.6 Å². The number of nitrogens with zero attached hydrogens (tertiary/aromatic N) is 5. The molecule has 4 aromatic rings. The number of aromatic nitrogens is 3. The van der Waals surface area contributed by atoms with E-state index in [4.69, 9.17) is 0 Å². The molecule has 1 aliphatic rings. The van der Waals surface area contributed by atoms with Gasteiger partial charge >= 0.3 is 6.18 Å². The molecule has 2 aromatic heterocycles. The van der Waals surface area contributed by atoms with E-state index in [2.05, 4.69) is 28.8 Å². The van der Waals surface area contributed by atoms with Crippen molar-refractivity contribution in [1.29, 1.82) is 0 Å². The fourth-order valence-electron chi connectivity index (χ4n) is 5.16. The monoisotopic (exact) mass is 559 g/mol. The van der Waals surface area contributed by atoms with Gasteiger partial charge in [0.1, 0.15) is 16.8 Å². The zero-order chi connectivity index (χ0) is 27.9. The van der Waals surface area contributed by atoms with Crippen LogP contribution in [-0.2, 0) is 17.2 Å². The van der Waals surface area contributed by atoms with Gasteiger partial charge in [-0.15, -0.1) is 0 Å². The van der Waals surface area contributed by atoms with E-state index in [-0.39, 0.29) is 16.8 Å². The summed E-state index contributed by atoms with van der Waals surface area (Å²) < 4.78 is 71.2. The van der Waals surface area contributed by atoms with E-state index in [1.165, 1.54) is 24.3 Å². The number of hydrogen-bond acceptors (Lipinski definition) is 4. The molecule has 1 saturated heterocycles. The predicted molar refractivity (Wildman–Crippen MR) is 142 cm³/mol. The van der Waals surface area contributed by atoms with Crippen molar-refractivity contribution in [2.45, 2.75) is 37.9 Å². The van der Waals surface area contributed by atoms with Gasteiger partial charge in [-0.25, -0.2) is 17.6 Å². The molecule has 0 saturated carbocycles. The van der Waals surface area contributed by atoms with Crippen molar-refractivity contribution in [1.82, 2.24) is 24.0 Å². The molecule has 6 nitrogen and oxygen atoms in total. The first-order chi connectivity index (χ1) is 18.5. The molecule has 206 valence electrons. The molecule has 2 atom stereocenters. The molecule has 2 unspecified atom stereocenters. The van der Waals surface area contributed by atoms with E-state index < -0.39 is 22.9 Å². The Morgan fingerprint density at radius 3 is 2.54 bits per heavy atom. The highest BCUT2D eigenvalue weighted by Crippen LogP contribution is 2.36. The number of fused-ring (bicyclic) bond motifs is 1. The molecule has 3 heterocycles. The van der Waals surface area contributed by atoms with Gasteiger partial charge in [-0.2, -0.15) is 18.3 Å². The molecule has 0 aliphatic carbocycles. The summed E-state index contributed by atoms with van der Waals surface area (Å²) in [5, 5.41) is 5.40. The summed E-state index contributed by atoms with van der Waals surface area (Å²) in [5.74, 6) is 0.0387. The lowest BCUT2D eigenvalue weighted by Gasteiger charge is -2.42. The maximum Gasteiger partial charge on any atom is 0.434 e. The molecule has 0 amide bonds. The Morgan fingerprint density at radius 1 is 1.10 bits per heavy atom. The zero-order valence-electron chi connectivity index (χ0n) is 21.8. The number of benzene rings is 2. The van der Waals surface area contributed by atoms with Crippen LogP contribution in [0, 0.1) is 18.7 Å². The van der Waals surface area contributed by atoms with Crippen LogP contribution in [0.15, 0.2) is 65.8 Å². The third kappa shape index (κ3) is 5.61. The van der Waals surface area contributed by atoms with Gasteiger partial charge in [0.05, 0.1) is 22.3 Å². The van der Waals surface area contributed by atoms with Gasteiger partial charge in [-0.1, -0.05) is 13.8 Å². The van der Waals surface area contributed by atoms with Crippen molar-refractivity contribution in [3.8, 4) is 5.69 Å². The number of alkyl halides is 3. The van der Waals surface area contributed by atoms with Crippen LogP contribution in [0.1, 0.15) is 36.7 Å². The van der Waals surface area contributed by atoms with Crippen LogP contribution in [0.5, 0.6) is 0 Å². The number of halogens is 4. The van der Waals surface area contributed by atoms with Crippen molar-refractivity contribution in [3.05, 3.63) is 83.6 Å². The van der Waals surface area contributed by atoms with Crippen LogP contribution in [0.4, 0.5) is 17.6 Å². The summed E-state index contributed by atoms with van der Waals surface area (Å²) in [6.07, 6.45) is -1.88. The second-order valence-corrected chi connectivity index (χ2v) is 11.6. The van der Waals surface area contributed by atoms with Gasteiger partial charge in [0.2, 0.25) is 0 Å². The third-order valence-corrected chi connectivity index (χ3v) is 8.41. The Labute approximate surface area is 226 Å². The van der Waals surface area contributed by atoms with E-state index in [1.54, 1.807) is 27.3 Å². The number of aryl methyl sites for hydroxylation is 1. The normalized spacial score (nSPS) is 18.2. The van der Waals surface area contributed by atoms with Crippen molar-refractivity contribution >= 4 is 21.9 Å². The topological polar surface area (TPSA) is 54.3 Å². The van der Waals surface area contributed by atoms with Gasteiger partial charge < -0.3 is 0 Å². The Bertz CT molecular complexity index is 1500. The molecular weight excluding hydrogens is 530 g/mol. The molecule has 0 N–H and O–H groups in total. The lowest BCUT2D eigenvalue weighted by atomic mass is 9.96. The summed E-state index contributed by atoms with van der Waals surface area (Å²) in [4.78, 5) is 5.48. The largest absolute Gasteiger partial charge is 0.434 e. The predicted octanol–water partition coefficient (Wildman–Crippen LogP) is 5.92.